The Kier molecular flexibility index (Phi) is 5.88. The minimum Gasteiger partial charge on any atom is -0.507 e. The van der Waals surface area contributed by atoms with Crippen molar-refractivity contribution < 1.29 is 24.5 Å². The largest absolute Gasteiger partial charge is 0.507 e. The number of aromatic amines is 1. The first-order chi connectivity index (χ1) is 15.0. The van der Waals surface area contributed by atoms with Gasteiger partial charge in [0, 0.05) is 31.4 Å². The summed E-state index contributed by atoms with van der Waals surface area (Å²) in [6.45, 7) is 0.971. The van der Waals surface area contributed by atoms with E-state index in [1.807, 2.05) is 0 Å². The van der Waals surface area contributed by atoms with Crippen LogP contribution in [0.15, 0.2) is 40.9 Å². The Labute approximate surface area is 187 Å². The molecule has 3 N–H and O–H groups in total. The molecular weight excluding hydrogens is 466 g/mol. The van der Waals surface area contributed by atoms with E-state index < -0.39 is 6.04 Å². The molecule has 162 valence electrons. The number of fused-ring (bicyclic) bond motifs is 1. The highest BCUT2D eigenvalue weighted by Gasteiger charge is 2.42. The maximum atomic E-state index is 13.3. The van der Waals surface area contributed by atoms with Crippen molar-refractivity contribution in [2.24, 2.45) is 0 Å². The number of methoxy groups -OCH3 is 2. The minimum atomic E-state index is -0.487. The van der Waals surface area contributed by atoms with Crippen LogP contribution in [0, 0.1) is 0 Å². The first kappa shape index (κ1) is 21.2. The van der Waals surface area contributed by atoms with Gasteiger partial charge < -0.3 is 24.6 Å². The van der Waals surface area contributed by atoms with E-state index in [2.05, 4.69) is 26.1 Å². The van der Waals surface area contributed by atoms with Gasteiger partial charge in [0.25, 0.3) is 5.91 Å². The molecule has 3 aromatic rings. The Morgan fingerprint density at radius 2 is 2.00 bits per heavy atom. The second-order valence-corrected chi connectivity index (χ2v) is 8.03. The number of aromatic nitrogens is 2. The van der Waals surface area contributed by atoms with E-state index in [0.717, 1.165) is 5.56 Å². The normalized spacial score (nSPS) is 15.4. The molecule has 31 heavy (non-hydrogen) atoms. The first-order valence-electron chi connectivity index (χ1n) is 9.70. The van der Waals surface area contributed by atoms with Crippen LogP contribution in [-0.2, 0) is 4.74 Å². The molecule has 8 nitrogen and oxygen atoms in total. The predicted molar refractivity (Wildman–Crippen MR) is 117 cm³/mol. The number of hydrogen-bond donors (Lipinski definition) is 3. The quantitative estimate of drug-likeness (QED) is 0.437. The SMILES string of the molecule is COCCCN1C(=O)c2[nH]nc(-c3ccccc3O)c2[C@H]1c1cc(Br)c(O)c(OC)c1. The molecule has 1 atom stereocenters. The highest BCUT2D eigenvalue weighted by molar-refractivity contribution is 9.10. The van der Waals surface area contributed by atoms with Crippen molar-refractivity contribution in [2.75, 3.05) is 27.4 Å². The van der Waals surface area contributed by atoms with Gasteiger partial charge in [0.05, 0.1) is 17.6 Å². The third-order valence-corrected chi connectivity index (χ3v) is 5.96. The van der Waals surface area contributed by atoms with Crippen molar-refractivity contribution in [3.63, 3.8) is 0 Å². The number of amides is 1. The summed E-state index contributed by atoms with van der Waals surface area (Å²) in [5.41, 5.74) is 2.82. The zero-order valence-electron chi connectivity index (χ0n) is 17.1. The fraction of sp³-hybridized carbons (Fsp3) is 0.273. The number of rotatable bonds is 7. The number of carbonyl (C=O) groups excluding carboxylic acids is 1. The lowest BCUT2D eigenvalue weighted by Gasteiger charge is -2.27. The van der Waals surface area contributed by atoms with Crippen molar-refractivity contribution in [3.8, 4) is 28.5 Å². The fourth-order valence-corrected chi connectivity index (χ4v) is 4.40. The molecule has 1 aliphatic rings. The molecule has 1 aromatic heterocycles. The van der Waals surface area contributed by atoms with Gasteiger partial charge in [0.1, 0.15) is 17.1 Å². The van der Waals surface area contributed by atoms with Crippen LogP contribution < -0.4 is 4.74 Å². The molecule has 0 saturated heterocycles. The lowest BCUT2D eigenvalue weighted by Crippen LogP contribution is -2.31. The topological polar surface area (TPSA) is 108 Å². The zero-order valence-corrected chi connectivity index (χ0v) is 18.6. The number of hydrogen-bond acceptors (Lipinski definition) is 6. The number of nitrogens with one attached hydrogen (secondary N) is 1. The Morgan fingerprint density at radius 3 is 2.71 bits per heavy atom. The number of nitrogens with zero attached hydrogens (tertiary/aromatic N) is 2. The van der Waals surface area contributed by atoms with Crippen LogP contribution in [0.5, 0.6) is 17.2 Å². The smallest absolute Gasteiger partial charge is 0.273 e. The van der Waals surface area contributed by atoms with Gasteiger partial charge in [-0.2, -0.15) is 5.10 Å². The van der Waals surface area contributed by atoms with Gasteiger partial charge in [0.15, 0.2) is 11.5 Å². The Bertz CT molecular complexity index is 1130. The van der Waals surface area contributed by atoms with Crippen LogP contribution in [-0.4, -0.2) is 58.6 Å². The molecule has 2 heterocycles. The molecule has 1 amide bonds. The van der Waals surface area contributed by atoms with Crippen molar-refractivity contribution in [2.45, 2.75) is 12.5 Å². The maximum Gasteiger partial charge on any atom is 0.273 e. The molecule has 0 spiro atoms. The summed E-state index contributed by atoms with van der Waals surface area (Å²) in [4.78, 5) is 15.0. The second-order valence-electron chi connectivity index (χ2n) is 7.18. The lowest BCUT2D eigenvalue weighted by atomic mass is 9.95. The average molecular weight is 488 g/mol. The maximum absolute atomic E-state index is 13.3. The summed E-state index contributed by atoms with van der Waals surface area (Å²) < 4.78 is 10.9. The van der Waals surface area contributed by atoms with Gasteiger partial charge in [0.2, 0.25) is 0 Å². The minimum absolute atomic E-state index is 0.0187. The molecule has 0 unspecified atom stereocenters. The third kappa shape index (κ3) is 3.64. The average Bonchev–Trinajstić information content (AvgIpc) is 3.30. The van der Waals surface area contributed by atoms with Gasteiger partial charge in [-0.05, 0) is 52.2 Å². The number of para-hydroxylation sites is 1. The second kappa shape index (κ2) is 8.60. The first-order valence-corrected chi connectivity index (χ1v) is 10.5. The number of benzene rings is 2. The van der Waals surface area contributed by atoms with Crippen LogP contribution in [0.4, 0.5) is 0 Å². The van der Waals surface area contributed by atoms with Gasteiger partial charge in [-0.25, -0.2) is 0 Å². The van der Waals surface area contributed by atoms with E-state index in [1.165, 1.54) is 7.11 Å². The summed E-state index contributed by atoms with van der Waals surface area (Å²) in [6.07, 6.45) is 0.652. The van der Waals surface area contributed by atoms with Crippen molar-refractivity contribution >= 4 is 21.8 Å². The van der Waals surface area contributed by atoms with Crippen LogP contribution in [0.1, 0.15) is 34.1 Å². The van der Waals surface area contributed by atoms with E-state index in [9.17, 15) is 15.0 Å². The number of halogens is 1. The molecule has 2 aromatic carbocycles. The summed E-state index contributed by atoms with van der Waals surface area (Å²) in [7, 11) is 3.09. The Morgan fingerprint density at radius 1 is 1.23 bits per heavy atom. The van der Waals surface area contributed by atoms with Crippen LogP contribution in [0.2, 0.25) is 0 Å². The highest BCUT2D eigenvalue weighted by Crippen LogP contribution is 2.47. The van der Waals surface area contributed by atoms with Crippen molar-refractivity contribution in [1.82, 2.24) is 15.1 Å². The van der Waals surface area contributed by atoms with E-state index >= 15 is 0 Å². The van der Waals surface area contributed by atoms with Gasteiger partial charge in [-0.1, -0.05) is 12.1 Å². The van der Waals surface area contributed by atoms with E-state index in [1.54, 1.807) is 48.4 Å². The number of carbonyl (C=O) groups is 1. The van der Waals surface area contributed by atoms with Gasteiger partial charge in [-0.3, -0.25) is 9.89 Å². The number of ether oxygens (including phenoxy) is 2. The third-order valence-electron chi connectivity index (χ3n) is 5.36. The summed E-state index contributed by atoms with van der Waals surface area (Å²) in [5.74, 6) is 0.156. The zero-order chi connectivity index (χ0) is 22.1. The molecule has 9 heteroatoms. The molecular formula is C22H22BrN3O5. The Balaban J connectivity index is 1.89. The Hall–Kier alpha value is -3.04. The number of phenols is 2. The van der Waals surface area contributed by atoms with Crippen molar-refractivity contribution in [3.05, 3.63) is 57.7 Å². The van der Waals surface area contributed by atoms with Crippen LogP contribution in [0.3, 0.4) is 0 Å². The number of H-pyrrole nitrogens is 1. The molecule has 0 saturated carbocycles. The number of phenolic OH excluding ortho intramolecular Hbond substituents is 2. The standard InChI is InChI=1S/C22H22BrN3O5/c1-30-9-5-8-26-20(12-10-14(23)21(28)16(11-12)31-2)17-18(24-25-19(17)22(26)29)13-6-3-4-7-15(13)27/h3-4,6-7,10-11,20,27-28H,5,8-9H2,1-2H3,(H,24,25)/t20-/m1/s1. The van der Waals surface area contributed by atoms with E-state index in [0.29, 0.717) is 46.6 Å². The summed E-state index contributed by atoms with van der Waals surface area (Å²) in [5, 5.41) is 27.9. The van der Waals surface area contributed by atoms with Gasteiger partial charge >= 0.3 is 0 Å². The molecule has 0 fully saturated rings. The predicted octanol–water partition coefficient (Wildman–Crippen LogP) is 3.84. The van der Waals surface area contributed by atoms with Gasteiger partial charge in [-0.15, -0.1) is 0 Å². The van der Waals surface area contributed by atoms with Crippen molar-refractivity contribution in [1.29, 1.82) is 0 Å². The van der Waals surface area contributed by atoms with Crippen LogP contribution in [0.25, 0.3) is 11.3 Å². The summed E-state index contributed by atoms with van der Waals surface area (Å²) in [6, 6.07) is 9.85. The van der Waals surface area contributed by atoms with E-state index in [-0.39, 0.29) is 23.2 Å². The summed E-state index contributed by atoms with van der Waals surface area (Å²) >= 11 is 3.37. The number of aromatic hydroxyl groups is 2. The molecule has 4 rings (SSSR count). The van der Waals surface area contributed by atoms with E-state index in [4.69, 9.17) is 9.47 Å². The van der Waals surface area contributed by atoms with Crippen LogP contribution >= 0.6 is 15.9 Å². The molecule has 1 aliphatic heterocycles. The monoisotopic (exact) mass is 487 g/mol. The fourth-order valence-electron chi connectivity index (χ4n) is 3.94. The molecule has 0 radical (unpaired) electrons. The highest BCUT2D eigenvalue weighted by atomic mass is 79.9. The molecule has 0 aliphatic carbocycles. The lowest BCUT2D eigenvalue weighted by molar-refractivity contribution is 0.0723. The molecule has 0 bridgehead atoms.